The summed E-state index contributed by atoms with van der Waals surface area (Å²) in [5, 5.41) is 5.07. The molecule has 1 aromatic rings. The van der Waals surface area contributed by atoms with Crippen LogP contribution in [0.2, 0.25) is 0 Å². The highest BCUT2D eigenvalue weighted by atomic mass is 32.2. The van der Waals surface area contributed by atoms with Crippen molar-refractivity contribution in [2.75, 3.05) is 11.9 Å². The van der Waals surface area contributed by atoms with Crippen molar-refractivity contribution < 1.29 is 13.2 Å². The van der Waals surface area contributed by atoms with Crippen LogP contribution < -0.4 is 10.0 Å². The topological polar surface area (TPSA) is 80.5 Å². The molecule has 2 aliphatic rings. The third-order valence-electron chi connectivity index (χ3n) is 4.82. The van der Waals surface area contributed by atoms with Crippen LogP contribution >= 0.6 is 0 Å². The van der Waals surface area contributed by atoms with Gasteiger partial charge in [0.05, 0.1) is 4.90 Å². The third-order valence-corrected chi connectivity index (χ3v) is 5.75. The van der Waals surface area contributed by atoms with Crippen molar-refractivity contribution in [3.8, 4) is 0 Å². The minimum atomic E-state index is -3.69. The van der Waals surface area contributed by atoms with Gasteiger partial charge >= 0.3 is 0 Å². The summed E-state index contributed by atoms with van der Waals surface area (Å²) in [5.74, 6) is 1.44. The van der Waals surface area contributed by atoms with Crippen LogP contribution in [0.25, 0.3) is 0 Å². The maximum Gasteiger partial charge on any atom is 0.238 e. The number of nitrogens with two attached hydrogens (primary N) is 1. The molecule has 2 unspecified atom stereocenters. The zero-order valence-electron chi connectivity index (χ0n) is 12.0. The van der Waals surface area contributed by atoms with E-state index in [0.29, 0.717) is 17.5 Å². The van der Waals surface area contributed by atoms with Crippen LogP contribution in [0.4, 0.5) is 5.69 Å². The van der Waals surface area contributed by atoms with Gasteiger partial charge in [-0.25, -0.2) is 13.6 Å². The number of hydrogen-bond acceptors (Lipinski definition) is 3. The Balaban J connectivity index is 1.73. The van der Waals surface area contributed by atoms with Crippen molar-refractivity contribution in [2.45, 2.75) is 30.6 Å². The number of nitrogens with zero attached hydrogens (tertiary/aromatic N) is 1. The Bertz CT molecular complexity index is 642. The van der Waals surface area contributed by atoms with Crippen LogP contribution in [-0.4, -0.2) is 21.4 Å². The van der Waals surface area contributed by atoms with Crippen LogP contribution in [0.5, 0.6) is 0 Å². The molecule has 0 heterocycles. The molecule has 0 spiro atoms. The number of amides is 1. The first-order chi connectivity index (χ1) is 9.89. The van der Waals surface area contributed by atoms with E-state index < -0.39 is 10.0 Å². The summed E-state index contributed by atoms with van der Waals surface area (Å²) in [6.07, 6.45) is 4.80. The number of carbonyl (C=O) groups excluding carboxylic acids is 1. The van der Waals surface area contributed by atoms with E-state index in [1.807, 2.05) is 0 Å². The molecule has 0 aromatic heterocycles. The average Bonchev–Trinajstić information content (AvgIpc) is 3.19. The molecular formula is C15H20N2O3S. The molecule has 1 aromatic carbocycles. The number of benzene rings is 1. The predicted octanol–water partition coefficient (Wildman–Crippen LogP) is 1.73. The molecule has 3 rings (SSSR count). The molecule has 6 heteroatoms. The average molecular weight is 308 g/mol. The van der Waals surface area contributed by atoms with Crippen molar-refractivity contribution in [1.82, 2.24) is 0 Å². The molecule has 21 heavy (non-hydrogen) atoms. The molecule has 0 aliphatic heterocycles. The van der Waals surface area contributed by atoms with E-state index in [1.165, 1.54) is 37.8 Å². The summed E-state index contributed by atoms with van der Waals surface area (Å²) in [6.45, 7) is 0. The summed E-state index contributed by atoms with van der Waals surface area (Å²) >= 11 is 0. The fraction of sp³-hybridized carbons (Fsp3) is 0.533. The molecule has 2 fully saturated rings. The van der Waals surface area contributed by atoms with E-state index in [2.05, 4.69) is 0 Å². The van der Waals surface area contributed by atoms with Gasteiger partial charge in [-0.2, -0.15) is 0 Å². The second-order valence-electron chi connectivity index (χ2n) is 6.07. The summed E-state index contributed by atoms with van der Waals surface area (Å²) in [5.41, 5.74) is 0.705. The Labute approximate surface area is 125 Å². The maximum absolute atomic E-state index is 12.5. The van der Waals surface area contributed by atoms with Crippen molar-refractivity contribution >= 4 is 21.6 Å². The predicted molar refractivity (Wildman–Crippen MR) is 80.2 cm³/mol. The second kappa shape index (κ2) is 5.10. The monoisotopic (exact) mass is 308 g/mol. The third kappa shape index (κ3) is 2.70. The molecule has 0 radical (unpaired) electrons. The fourth-order valence-electron chi connectivity index (χ4n) is 3.57. The first-order valence-electron chi connectivity index (χ1n) is 7.30. The van der Waals surface area contributed by atoms with Crippen molar-refractivity contribution in [1.29, 1.82) is 0 Å². The molecule has 2 atom stereocenters. The lowest BCUT2D eigenvalue weighted by Crippen LogP contribution is -2.28. The molecular weight excluding hydrogens is 288 g/mol. The summed E-state index contributed by atoms with van der Waals surface area (Å²) in [6, 6.07) is 6.14. The number of primary sulfonamides is 1. The van der Waals surface area contributed by atoms with Gasteiger partial charge in [-0.15, -0.1) is 0 Å². The Morgan fingerprint density at radius 1 is 1.14 bits per heavy atom. The molecule has 0 saturated heterocycles. The highest BCUT2D eigenvalue weighted by Crippen LogP contribution is 2.56. The van der Waals surface area contributed by atoms with Crippen molar-refractivity contribution in [3.05, 3.63) is 24.3 Å². The van der Waals surface area contributed by atoms with E-state index in [1.54, 1.807) is 24.1 Å². The zero-order chi connectivity index (χ0) is 15.2. The molecule has 2 saturated carbocycles. The second-order valence-corrected chi connectivity index (χ2v) is 7.64. The van der Waals surface area contributed by atoms with Gasteiger partial charge in [-0.1, -0.05) is 12.8 Å². The minimum Gasteiger partial charge on any atom is -0.315 e. The number of sulfonamides is 1. The molecule has 2 aliphatic carbocycles. The van der Waals surface area contributed by atoms with Gasteiger partial charge in [0.25, 0.3) is 0 Å². The van der Waals surface area contributed by atoms with Gasteiger partial charge < -0.3 is 4.90 Å². The van der Waals surface area contributed by atoms with Crippen LogP contribution in [0.1, 0.15) is 25.7 Å². The van der Waals surface area contributed by atoms with E-state index in [9.17, 15) is 13.2 Å². The first-order valence-corrected chi connectivity index (χ1v) is 8.84. The van der Waals surface area contributed by atoms with Gasteiger partial charge in [0.15, 0.2) is 0 Å². The van der Waals surface area contributed by atoms with Gasteiger partial charge in [0.2, 0.25) is 15.9 Å². The van der Waals surface area contributed by atoms with Crippen LogP contribution in [0, 0.1) is 17.8 Å². The van der Waals surface area contributed by atoms with Crippen LogP contribution in [-0.2, 0) is 14.8 Å². The molecule has 5 nitrogen and oxygen atoms in total. The highest BCUT2D eigenvalue weighted by Gasteiger charge is 2.55. The maximum atomic E-state index is 12.5. The number of carbonyl (C=O) groups is 1. The van der Waals surface area contributed by atoms with E-state index >= 15 is 0 Å². The number of fused-ring (bicyclic) bond motifs is 1. The quantitative estimate of drug-likeness (QED) is 0.923. The molecule has 1 amide bonds. The SMILES string of the molecule is CN(C(=O)C1C2CCCCC21)c1ccc(S(N)(=O)=O)cc1. The lowest BCUT2D eigenvalue weighted by atomic mass is 10.0. The molecule has 2 N–H and O–H groups in total. The molecule has 0 bridgehead atoms. The smallest absolute Gasteiger partial charge is 0.238 e. The summed E-state index contributed by atoms with van der Waals surface area (Å²) < 4.78 is 22.5. The Morgan fingerprint density at radius 2 is 1.67 bits per heavy atom. The number of rotatable bonds is 3. The Hall–Kier alpha value is -1.40. The van der Waals surface area contributed by atoms with Crippen LogP contribution in [0.15, 0.2) is 29.2 Å². The molecule has 114 valence electrons. The first kappa shape index (κ1) is 14.5. The largest absolute Gasteiger partial charge is 0.315 e. The Kier molecular flexibility index (Phi) is 3.53. The van der Waals surface area contributed by atoms with Crippen LogP contribution in [0.3, 0.4) is 0 Å². The lowest BCUT2D eigenvalue weighted by Gasteiger charge is -2.18. The Morgan fingerprint density at radius 3 is 2.14 bits per heavy atom. The van der Waals surface area contributed by atoms with Gasteiger partial charge in [0, 0.05) is 18.7 Å². The number of hydrogen-bond donors (Lipinski definition) is 1. The van der Waals surface area contributed by atoms with Gasteiger partial charge in [-0.05, 0) is 48.9 Å². The van der Waals surface area contributed by atoms with Gasteiger partial charge in [-0.3, -0.25) is 4.79 Å². The standard InChI is InChI=1S/C15H20N2O3S/c1-17(10-6-8-11(9-7-10)21(16,19)20)15(18)14-12-4-2-3-5-13(12)14/h6-9,12-14H,2-5H2,1H3,(H2,16,19,20). The van der Waals surface area contributed by atoms with Gasteiger partial charge in [0.1, 0.15) is 0 Å². The summed E-state index contributed by atoms with van der Waals surface area (Å²) in [7, 11) is -1.94. The van der Waals surface area contributed by atoms with Crippen molar-refractivity contribution in [3.63, 3.8) is 0 Å². The van der Waals surface area contributed by atoms with E-state index in [4.69, 9.17) is 5.14 Å². The normalized spacial score (nSPS) is 27.8. The number of anilines is 1. The van der Waals surface area contributed by atoms with E-state index in [-0.39, 0.29) is 16.7 Å². The highest BCUT2D eigenvalue weighted by molar-refractivity contribution is 7.89. The van der Waals surface area contributed by atoms with E-state index in [0.717, 1.165) is 0 Å². The minimum absolute atomic E-state index is 0.0622. The fourth-order valence-corrected chi connectivity index (χ4v) is 4.08. The zero-order valence-corrected chi connectivity index (χ0v) is 12.8. The summed E-state index contributed by atoms with van der Waals surface area (Å²) in [4.78, 5) is 14.2. The van der Waals surface area contributed by atoms with Crippen molar-refractivity contribution in [2.24, 2.45) is 22.9 Å². The lowest BCUT2D eigenvalue weighted by molar-refractivity contribution is -0.120.